The van der Waals surface area contributed by atoms with Crippen LogP contribution in [0.2, 0.25) is 6.04 Å². The van der Waals surface area contributed by atoms with E-state index in [4.69, 9.17) is 0 Å². The van der Waals surface area contributed by atoms with Crippen LogP contribution in [0.15, 0.2) is 0 Å². The smallest absolute Gasteiger partial charge is 0.225 e. The van der Waals surface area contributed by atoms with Crippen molar-refractivity contribution in [3.63, 3.8) is 0 Å². The summed E-state index contributed by atoms with van der Waals surface area (Å²) < 4.78 is 0. The molecule has 1 rings (SSSR count). The van der Waals surface area contributed by atoms with Crippen molar-refractivity contribution in [2.75, 3.05) is 13.6 Å². The Labute approximate surface area is 58.7 Å². The monoisotopic (exact) mass is 143 g/mol. The van der Waals surface area contributed by atoms with Crippen LogP contribution in [0.25, 0.3) is 0 Å². The van der Waals surface area contributed by atoms with Crippen molar-refractivity contribution in [1.82, 2.24) is 4.90 Å². The van der Waals surface area contributed by atoms with E-state index in [1.807, 2.05) is 11.9 Å². The Morgan fingerprint density at radius 1 is 1.89 bits per heavy atom. The maximum absolute atomic E-state index is 11.1. The Balaban J connectivity index is 2.51. The van der Waals surface area contributed by atoms with Crippen LogP contribution >= 0.6 is 0 Å². The predicted molar refractivity (Wildman–Crippen MR) is 40.5 cm³/mol. The lowest BCUT2D eigenvalue weighted by Crippen LogP contribution is -2.22. The van der Waals surface area contributed by atoms with Gasteiger partial charge in [-0.1, -0.05) is 6.04 Å². The second-order valence-electron chi connectivity index (χ2n) is 2.65. The second kappa shape index (κ2) is 2.52. The third kappa shape index (κ3) is 1.15. The van der Waals surface area contributed by atoms with Gasteiger partial charge in [0.25, 0.3) is 0 Å². The van der Waals surface area contributed by atoms with Gasteiger partial charge in [-0.3, -0.25) is 4.79 Å². The number of rotatable bonds is 1. The average Bonchev–Trinajstić information content (AvgIpc) is 2.15. The molecule has 1 saturated heterocycles. The van der Waals surface area contributed by atoms with Crippen molar-refractivity contribution < 1.29 is 4.79 Å². The molecule has 3 heteroatoms. The molecule has 0 radical (unpaired) electrons. The number of carbonyl (C=O) groups is 1. The molecule has 1 heterocycles. The largest absolute Gasteiger partial charge is 0.346 e. The van der Waals surface area contributed by atoms with Crippen LogP contribution in [0.3, 0.4) is 0 Å². The fraction of sp³-hybridized carbons (Fsp3) is 0.833. The van der Waals surface area contributed by atoms with Gasteiger partial charge in [-0.15, -0.1) is 0 Å². The molecule has 1 amide bonds. The highest BCUT2D eigenvalue weighted by atomic mass is 28.1. The molecular weight excluding hydrogens is 130 g/mol. The zero-order valence-corrected chi connectivity index (χ0v) is 8.05. The Kier molecular flexibility index (Phi) is 1.90. The van der Waals surface area contributed by atoms with Crippen LogP contribution in [0.4, 0.5) is 0 Å². The van der Waals surface area contributed by atoms with Gasteiger partial charge >= 0.3 is 0 Å². The topological polar surface area (TPSA) is 20.3 Å². The van der Waals surface area contributed by atoms with Gasteiger partial charge in [-0.05, 0) is 6.42 Å². The van der Waals surface area contributed by atoms with E-state index in [1.54, 1.807) is 0 Å². The van der Waals surface area contributed by atoms with Gasteiger partial charge in [-0.2, -0.15) is 0 Å². The molecule has 0 aliphatic carbocycles. The summed E-state index contributed by atoms with van der Waals surface area (Å²) in [5, 5.41) is 0. The van der Waals surface area contributed by atoms with E-state index < -0.39 is 0 Å². The summed E-state index contributed by atoms with van der Waals surface area (Å²) in [7, 11) is 3.05. The molecule has 1 atom stereocenters. The van der Waals surface area contributed by atoms with Gasteiger partial charge in [0.05, 0.1) is 0 Å². The molecule has 1 aliphatic rings. The lowest BCUT2D eigenvalue weighted by Gasteiger charge is -2.07. The van der Waals surface area contributed by atoms with E-state index in [0.29, 0.717) is 11.8 Å². The number of amides is 1. The van der Waals surface area contributed by atoms with E-state index in [1.165, 1.54) is 0 Å². The number of hydrogen-bond acceptors (Lipinski definition) is 1. The Hall–Kier alpha value is -0.313. The minimum absolute atomic E-state index is 0.366. The summed E-state index contributed by atoms with van der Waals surface area (Å²) in [6, 6.07) is 1.14. The zero-order valence-electron chi connectivity index (χ0n) is 6.05. The summed E-state index contributed by atoms with van der Waals surface area (Å²) in [4.78, 5) is 12.9. The first-order chi connectivity index (χ1) is 4.25. The molecule has 0 spiro atoms. The van der Waals surface area contributed by atoms with E-state index in [9.17, 15) is 4.79 Å². The van der Waals surface area contributed by atoms with Crippen LogP contribution in [-0.2, 0) is 4.79 Å². The summed E-state index contributed by atoms with van der Waals surface area (Å²) in [6.07, 6.45) is 1.10. The highest BCUT2D eigenvalue weighted by Gasteiger charge is 2.26. The quantitative estimate of drug-likeness (QED) is 0.442. The van der Waals surface area contributed by atoms with Crippen molar-refractivity contribution in [2.24, 2.45) is 5.92 Å². The number of nitrogens with zero attached hydrogens (tertiary/aromatic N) is 1. The van der Waals surface area contributed by atoms with Gasteiger partial charge in [0.1, 0.15) is 0 Å². The van der Waals surface area contributed by atoms with Crippen molar-refractivity contribution >= 4 is 16.1 Å². The third-order valence-electron chi connectivity index (χ3n) is 2.03. The minimum atomic E-state index is 0.366. The molecule has 0 aromatic rings. The number of likely N-dealkylation sites (tertiary alicyclic amines) is 1. The molecule has 0 aromatic carbocycles. The van der Waals surface area contributed by atoms with Gasteiger partial charge in [-0.25, -0.2) is 0 Å². The van der Waals surface area contributed by atoms with Crippen molar-refractivity contribution in [3.8, 4) is 0 Å². The molecule has 0 unspecified atom stereocenters. The summed E-state index contributed by atoms with van der Waals surface area (Å²) >= 11 is 0. The van der Waals surface area contributed by atoms with Gasteiger partial charge in [0, 0.05) is 29.8 Å². The molecular formula is C6H13NOSi. The van der Waals surface area contributed by atoms with Crippen LogP contribution in [0.5, 0.6) is 0 Å². The molecule has 9 heavy (non-hydrogen) atoms. The Morgan fingerprint density at radius 3 is 2.78 bits per heavy atom. The van der Waals surface area contributed by atoms with Crippen molar-refractivity contribution in [3.05, 3.63) is 0 Å². The standard InChI is InChI=1S/C6H13NOSi/c1-7-3-2-5(4-9)6(7)8/h5H,2-4H2,1,9H3/t5-/m1/s1. The third-order valence-corrected chi connectivity index (χ3v) is 3.02. The number of hydrogen-bond donors (Lipinski definition) is 0. The summed E-state index contributed by atoms with van der Waals surface area (Å²) in [5.41, 5.74) is 0. The average molecular weight is 143 g/mol. The Morgan fingerprint density at radius 2 is 2.56 bits per heavy atom. The summed E-state index contributed by atoms with van der Waals surface area (Å²) in [6.45, 7) is 0.978. The van der Waals surface area contributed by atoms with Gasteiger partial charge < -0.3 is 4.90 Å². The van der Waals surface area contributed by atoms with Crippen LogP contribution < -0.4 is 0 Å². The van der Waals surface area contributed by atoms with Crippen LogP contribution in [0.1, 0.15) is 6.42 Å². The molecule has 1 aliphatic heterocycles. The van der Waals surface area contributed by atoms with Crippen LogP contribution in [-0.4, -0.2) is 34.6 Å². The predicted octanol–water partition coefficient (Wildman–Crippen LogP) is -0.752. The zero-order chi connectivity index (χ0) is 6.85. The molecule has 0 saturated carbocycles. The minimum Gasteiger partial charge on any atom is -0.346 e. The SMILES string of the molecule is CN1CC[C@H](C[SiH3])C1=O. The highest BCUT2D eigenvalue weighted by molar-refractivity contribution is 6.10. The molecule has 0 aromatic heterocycles. The van der Waals surface area contributed by atoms with Crippen LogP contribution in [0, 0.1) is 5.92 Å². The fourth-order valence-corrected chi connectivity index (χ4v) is 2.03. The lowest BCUT2D eigenvalue weighted by molar-refractivity contribution is -0.129. The molecule has 1 fully saturated rings. The first kappa shape index (κ1) is 6.80. The summed E-state index contributed by atoms with van der Waals surface area (Å²) in [5.74, 6) is 0.756. The van der Waals surface area contributed by atoms with E-state index >= 15 is 0 Å². The van der Waals surface area contributed by atoms with Gasteiger partial charge in [0.2, 0.25) is 5.91 Å². The second-order valence-corrected chi connectivity index (χ2v) is 3.47. The lowest BCUT2D eigenvalue weighted by atomic mass is 10.1. The first-order valence-electron chi connectivity index (χ1n) is 3.50. The Bertz CT molecular complexity index is 126. The molecule has 0 N–H and O–H groups in total. The molecule has 52 valence electrons. The molecule has 0 bridgehead atoms. The normalized spacial score (nSPS) is 27.9. The van der Waals surface area contributed by atoms with E-state index in [2.05, 4.69) is 0 Å². The molecule has 2 nitrogen and oxygen atoms in total. The first-order valence-corrected chi connectivity index (χ1v) is 4.92. The highest BCUT2D eigenvalue weighted by Crippen LogP contribution is 2.18. The van der Waals surface area contributed by atoms with E-state index in [0.717, 1.165) is 29.3 Å². The van der Waals surface area contributed by atoms with E-state index in [-0.39, 0.29) is 0 Å². The fourth-order valence-electron chi connectivity index (χ4n) is 1.27. The number of carbonyl (C=O) groups excluding carboxylic acids is 1. The van der Waals surface area contributed by atoms with Gasteiger partial charge in [0.15, 0.2) is 0 Å². The maximum atomic E-state index is 11.1. The van der Waals surface area contributed by atoms with Crippen molar-refractivity contribution in [1.29, 1.82) is 0 Å². The van der Waals surface area contributed by atoms with Crippen molar-refractivity contribution in [2.45, 2.75) is 12.5 Å². The maximum Gasteiger partial charge on any atom is 0.225 e.